The lowest BCUT2D eigenvalue weighted by molar-refractivity contribution is 1.06. The molecule has 0 atom stereocenters. The standard InChI is InChI=1S/C13H10ClNS/c14-11-3-1-9(2-4-11)12-7-10-5-6-15-8-13(10)16-12/h1-5,7-8,15H,6H2. The maximum absolute atomic E-state index is 5.88. The van der Waals surface area contributed by atoms with Gasteiger partial charge in [-0.2, -0.15) is 0 Å². The average molecular weight is 248 g/mol. The smallest absolute Gasteiger partial charge is 0.0503 e. The van der Waals surface area contributed by atoms with Crippen LogP contribution in [0.15, 0.2) is 30.3 Å². The van der Waals surface area contributed by atoms with Gasteiger partial charge in [-0.3, -0.25) is 0 Å². The van der Waals surface area contributed by atoms with E-state index in [4.69, 9.17) is 11.6 Å². The van der Waals surface area contributed by atoms with Gasteiger partial charge >= 0.3 is 0 Å². The minimum atomic E-state index is 0.782. The lowest BCUT2D eigenvalue weighted by Crippen LogP contribution is -2.28. The van der Waals surface area contributed by atoms with E-state index in [1.54, 1.807) is 11.3 Å². The van der Waals surface area contributed by atoms with Crippen molar-refractivity contribution in [3.05, 3.63) is 45.1 Å². The molecule has 1 nitrogen and oxygen atoms in total. The number of fused-ring (bicyclic) bond motifs is 1. The topological polar surface area (TPSA) is 12.0 Å². The highest BCUT2D eigenvalue weighted by molar-refractivity contribution is 7.13. The molecule has 0 saturated heterocycles. The number of rotatable bonds is 1. The molecular formula is C13H10ClNS. The van der Waals surface area contributed by atoms with Crippen LogP contribution in [0.3, 0.4) is 0 Å². The summed E-state index contributed by atoms with van der Waals surface area (Å²) < 4.78 is 1.30. The van der Waals surface area contributed by atoms with Crippen LogP contribution in [0.25, 0.3) is 22.7 Å². The van der Waals surface area contributed by atoms with E-state index in [1.165, 1.54) is 20.2 Å². The van der Waals surface area contributed by atoms with E-state index in [2.05, 4.69) is 35.8 Å². The molecule has 0 radical (unpaired) electrons. The average Bonchev–Trinajstić information content (AvgIpc) is 2.73. The molecule has 1 aromatic carbocycles. The highest BCUT2D eigenvalue weighted by Crippen LogP contribution is 2.22. The fraction of sp³-hybridized carbons (Fsp3) is 0.0769. The zero-order valence-electron chi connectivity index (χ0n) is 8.53. The third-order valence-corrected chi connectivity index (χ3v) is 3.99. The van der Waals surface area contributed by atoms with Gasteiger partial charge in [0.25, 0.3) is 0 Å². The number of halogens is 1. The van der Waals surface area contributed by atoms with Crippen molar-refractivity contribution < 1.29 is 0 Å². The maximum atomic E-state index is 5.88. The summed E-state index contributed by atoms with van der Waals surface area (Å²) in [6.07, 6.45) is 4.30. The maximum Gasteiger partial charge on any atom is 0.0503 e. The third-order valence-electron chi connectivity index (χ3n) is 2.59. The molecule has 1 aliphatic rings. The molecule has 0 fully saturated rings. The molecule has 1 aliphatic heterocycles. The van der Waals surface area contributed by atoms with Gasteiger partial charge in [0.1, 0.15) is 0 Å². The Labute approximate surface area is 103 Å². The van der Waals surface area contributed by atoms with Gasteiger partial charge in [-0.05, 0) is 29.0 Å². The number of nitrogens with one attached hydrogen (secondary N) is 1. The van der Waals surface area contributed by atoms with Crippen molar-refractivity contribution in [2.24, 2.45) is 0 Å². The van der Waals surface area contributed by atoms with Crippen molar-refractivity contribution in [3.63, 3.8) is 0 Å². The molecule has 0 bridgehead atoms. The Morgan fingerprint density at radius 3 is 2.75 bits per heavy atom. The van der Waals surface area contributed by atoms with Crippen LogP contribution < -0.4 is 15.1 Å². The molecule has 80 valence electrons. The molecule has 0 spiro atoms. The normalized spacial score (nSPS) is 13.3. The van der Waals surface area contributed by atoms with Gasteiger partial charge in [0, 0.05) is 22.6 Å². The Kier molecular flexibility index (Phi) is 2.46. The van der Waals surface area contributed by atoms with Crippen LogP contribution in [0, 0.1) is 0 Å². The van der Waals surface area contributed by atoms with E-state index >= 15 is 0 Å². The van der Waals surface area contributed by atoms with Gasteiger partial charge in [-0.1, -0.05) is 29.8 Å². The van der Waals surface area contributed by atoms with E-state index in [0.717, 1.165) is 11.6 Å². The van der Waals surface area contributed by atoms with Crippen molar-refractivity contribution in [3.8, 4) is 10.4 Å². The molecule has 16 heavy (non-hydrogen) atoms. The minimum Gasteiger partial charge on any atom is -0.386 e. The summed E-state index contributed by atoms with van der Waals surface area (Å²) in [5.41, 5.74) is 1.23. The third kappa shape index (κ3) is 1.75. The predicted octanol–water partition coefficient (Wildman–Crippen LogP) is 2.19. The molecule has 0 unspecified atom stereocenters. The van der Waals surface area contributed by atoms with E-state index < -0.39 is 0 Å². The van der Waals surface area contributed by atoms with Crippen molar-refractivity contribution in [2.75, 3.05) is 6.54 Å². The van der Waals surface area contributed by atoms with E-state index in [-0.39, 0.29) is 0 Å². The zero-order valence-corrected chi connectivity index (χ0v) is 10.1. The first-order valence-electron chi connectivity index (χ1n) is 5.12. The number of thiophene rings is 1. The largest absolute Gasteiger partial charge is 0.386 e. The van der Waals surface area contributed by atoms with Crippen LogP contribution in [0.1, 0.15) is 0 Å². The van der Waals surface area contributed by atoms with Crippen molar-refractivity contribution in [2.45, 2.75) is 0 Å². The summed E-state index contributed by atoms with van der Waals surface area (Å²) in [6.45, 7) is 0.920. The van der Waals surface area contributed by atoms with Crippen LogP contribution in [0.2, 0.25) is 5.02 Å². The molecule has 0 aliphatic carbocycles. The van der Waals surface area contributed by atoms with Crippen molar-refractivity contribution in [1.29, 1.82) is 0 Å². The lowest BCUT2D eigenvalue weighted by Gasteiger charge is -1.96. The molecule has 1 N–H and O–H groups in total. The molecule has 3 rings (SSSR count). The highest BCUT2D eigenvalue weighted by Gasteiger charge is 2.03. The van der Waals surface area contributed by atoms with Crippen LogP contribution in [-0.2, 0) is 0 Å². The fourth-order valence-corrected chi connectivity index (χ4v) is 2.97. The monoisotopic (exact) mass is 247 g/mol. The highest BCUT2D eigenvalue weighted by atomic mass is 35.5. The fourth-order valence-electron chi connectivity index (χ4n) is 1.77. The number of benzene rings is 1. The van der Waals surface area contributed by atoms with Crippen LogP contribution >= 0.6 is 22.9 Å². The second-order valence-electron chi connectivity index (χ2n) is 3.69. The van der Waals surface area contributed by atoms with Gasteiger partial charge < -0.3 is 5.32 Å². The Balaban J connectivity index is 2.14. The molecule has 2 heterocycles. The predicted molar refractivity (Wildman–Crippen MR) is 70.9 cm³/mol. The second-order valence-corrected chi connectivity index (χ2v) is 5.21. The summed E-state index contributed by atoms with van der Waals surface area (Å²) >= 11 is 7.68. The van der Waals surface area contributed by atoms with Crippen LogP contribution in [0.5, 0.6) is 0 Å². The summed E-state index contributed by atoms with van der Waals surface area (Å²) in [5.74, 6) is 0. The molecule has 2 aromatic rings. The Morgan fingerprint density at radius 2 is 2.00 bits per heavy atom. The summed E-state index contributed by atoms with van der Waals surface area (Å²) in [4.78, 5) is 1.29. The molecule has 1 aromatic heterocycles. The second kappa shape index (κ2) is 3.96. The number of hydrogen-bond acceptors (Lipinski definition) is 2. The lowest BCUT2D eigenvalue weighted by atomic mass is 10.2. The van der Waals surface area contributed by atoms with Crippen LogP contribution in [0.4, 0.5) is 0 Å². The van der Waals surface area contributed by atoms with Crippen LogP contribution in [-0.4, -0.2) is 6.54 Å². The van der Waals surface area contributed by atoms with E-state index in [0.29, 0.717) is 0 Å². The number of hydrogen-bond donors (Lipinski definition) is 1. The van der Waals surface area contributed by atoms with E-state index in [9.17, 15) is 0 Å². The first-order chi connectivity index (χ1) is 7.83. The summed E-state index contributed by atoms with van der Waals surface area (Å²) in [6, 6.07) is 10.2. The Hall–Kier alpha value is -1.25. The Bertz CT molecular complexity index is 591. The molecule has 0 saturated carbocycles. The van der Waals surface area contributed by atoms with Gasteiger partial charge in [-0.25, -0.2) is 0 Å². The van der Waals surface area contributed by atoms with E-state index in [1.807, 2.05) is 12.1 Å². The molecule has 3 heteroatoms. The quantitative estimate of drug-likeness (QED) is 0.815. The summed E-state index contributed by atoms with van der Waals surface area (Å²) in [7, 11) is 0. The molecule has 0 amide bonds. The van der Waals surface area contributed by atoms with Gasteiger partial charge in [-0.15, -0.1) is 11.3 Å². The first-order valence-corrected chi connectivity index (χ1v) is 6.32. The van der Waals surface area contributed by atoms with Crippen molar-refractivity contribution >= 4 is 35.2 Å². The minimum absolute atomic E-state index is 0.782. The van der Waals surface area contributed by atoms with Gasteiger partial charge in [0.05, 0.1) is 4.53 Å². The summed E-state index contributed by atoms with van der Waals surface area (Å²) in [5, 5.41) is 5.33. The Morgan fingerprint density at radius 1 is 1.19 bits per heavy atom. The zero-order chi connectivity index (χ0) is 11.0. The van der Waals surface area contributed by atoms with Crippen molar-refractivity contribution in [1.82, 2.24) is 5.32 Å². The SMILES string of the molecule is Clc1ccc(-c2cc3c(s2)=CNCC=3)cc1. The van der Waals surface area contributed by atoms with Gasteiger partial charge in [0.15, 0.2) is 0 Å². The first kappa shape index (κ1) is 9.94. The molecular weight excluding hydrogens is 238 g/mol. The van der Waals surface area contributed by atoms with Gasteiger partial charge in [0.2, 0.25) is 0 Å².